The molecule has 0 bridgehead atoms. The summed E-state index contributed by atoms with van der Waals surface area (Å²) in [7, 11) is 0. The van der Waals surface area contributed by atoms with Crippen LogP contribution in [-0.2, 0) is 9.78 Å². The SMILES string of the molecule is FC1C=COO1. The van der Waals surface area contributed by atoms with Gasteiger partial charge in [0, 0.05) is 6.08 Å². The molecule has 0 saturated carbocycles. The number of alkyl halides is 1. The molecule has 2 nitrogen and oxygen atoms in total. The standard InChI is InChI=1S/C3H3FO2/c4-3-1-2-5-6-3/h1-3H. The van der Waals surface area contributed by atoms with Crippen LogP contribution in [-0.4, -0.2) is 6.36 Å². The molecule has 0 radical (unpaired) electrons. The van der Waals surface area contributed by atoms with Crippen LogP contribution in [0.5, 0.6) is 0 Å². The van der Waals surface area contributed by atoms with Gasteiger partial charge in [-0.05, 0) is 0 Å². The van der Waals surface area contributed by atoms with Gasteiger partial charge >= 0.3 is 0 Å². The third-order valence-corrected chi connectivity index (χ3v) is 0.433. The highest BCUT2D eigenvalue weighted by Gasteiger charge is 2.05. The lowest BCUT2D eigenvalue weighted by Gasteiger charge is -1.87. The summed E-state index contributed by atoms with van der Waals surface area (Å²) in [5.41, 5.74) is 0. The molecule has 34 valence electrons. The Hall–Kier alpha value is -0.570. The predicted molar refractivity (Wildman–Crippen MR) is 16.2 cm³/mol. The molecule has 0 amide bonds. The molecular formula is C3H3FO2. The average Bonchev–Trinajstić information content (AvgIpc) is 1.86. The Balaban J connectivity index is 2.38. The van der Waals surface area contributed by atoms with Gasteiger partial charge in [-0.15, -0.1) is 4.89 Å². The Kier molecular flexibility index (Phi) is 0.759. The largest absolute Gasteiger partial charge is 0.342 e. The maximum Gasteiger partial charge on any atom is 0.264 e. The van der Waals surface area contributed by atoms with Crippen LogP contribution in [0.2, 0.25) is 0 Å². The zero-order chi connectivity index (χ0) is 4.41. The van der Waals surface area contributed by atoms with E-state index in [4.69, 9.17) is 0 Å². The van der Waals surface area contributed by atoms with E-state index >= 15 is 0 Å². The second kappa shape index (κ2) is 1.26. The Morgan fingerprint density at radius 3 is 2.67 bits per heavy atom. The van der Waals surface area contributed by atoms with Crippen LogP contribution in [0.1, 0.15) is 0 Å². The lowest BCUT2D eigenvalue weighted by molar-refractivity contribution is -0.280. The van der Waals surface area contributed by atoms with Crippen LogP contribution in [0.25, 0.3) is 0 Å². The molecule has 6 heavy (non-hydrogen) atoms. The van der Waals surface area contributed by atoms with Crippen molar-refractivity contribution in [1.82, 2.24) is 0 Å². The molecule has 0 N–H and O–H groups in total. The van der Waals surface area contributed by atoms with Crippen molar-refractivity contribution in [2.24, 2.45) is 0 Å². The van der Waals surface area contributed by atoms with Crippen molar-refractivity contribution in [3.63, 3.8) is 0 Å². The normalized spacial score (nSPS) is 30.5. The highest BCUT2D eigenvalue weighted by molar-refractivity contribution is 4.78. The summed E-state index contributed by atoms with van der Waals surface area (Å²) in [6.45, 7) is 0. The van der Waals surface area contributed by atoms with Crippen molar-refractivity contribution in [1.29, 1.82) is 0 Å². The molecule has 1 heterocycles. The first-order valence-corrected chi connectivity index (χ1v) is 1.52. The van der Waals surface area contributed by atoms with Gasteiger partial charge in [-0.1, -0.05) is 0 Å². The molecule has 1 unspecified atom stereocenters. The van der Waals surface area contributed by atoms with Crippen LogP contribution in [0.3, 0.4) is 0 Å². The van der Waals surface area contributed by atoms with Crippen LogP contribution in [0.4, 0.5) is 4.39 Å². The zero-order valence-corrected chi connectivity index (χ0v) is 2.93. The number of hydrogen-bond acceptors (Lipinski definition) is 2. The van der Waals surface area contributed by atoms with Crippen molar-refractivity contribution in [3.05, 3.63) is 12.3 Å². The van der Waals surface area contributed by atoms with E-state index in [1.54, 1.807) is 0 Å². The van der Waals surface area contributed by atoms with Crippen LogP contribution in [0.15, 0.2) is 12.3 Å². The van der Waals surface area contributed by atoms with E-state index < -0.39 is 6.36 Å². The second-order valence-corrected chi connectivity index (χ2v) is 0.872. The smallest absolute Gasteiger partial charge is 0.264 e. The number of hydrogen-bond donors (Lipinski definition) is 0. The van der Waals surface area contributed by atoms with Gasteiger partial charge in [0.05, 0.1) is 0 Å². The van der Waals surface area contributed by atoms with E-state index in [0.717, 1.165) is 6.26 Å². The molecule has 0 fully saturated rings. The topological polar surface area (TPSA) is 18.5 Å². The van der Waals surface area contributed by atoms with Gasteiger partial charge in [-0.25, -0.2) is 4.39 Å². The average molecular weight is 90.1 g/mol. The molecule has 1 aliphatic heterocycles. The maximum absolute atomic E-state index is 11.5. The molecular weight excluding hydrogens is 87.0 g/mol. The first kappa shape index (κ1) is 3.61. The Morgan fingerprint density at radius 2 is 2.50 bits per heavy atom. The van der Waals surface area contributed by atoms with Crippen LogP contribution >= 0.6 is 0 Å². The van der Waals surface area contributed by atoms with Gasteiger partial charge in [-0.2, -0.15) is 0 Å². The van der Waals surface area contributed by atoms with E-state index in [9.17, 15) is 4.39 Å². The van der Waals surface area contributed by atoms with Crippen molar-refractivity contribution < 1.29 is 14.2 Å². The summed E-state index contributed by atoms with van der Waals surface area (Å²) < 4.78 is 11.5. The Bertz CT molecular complexity index is 71.2. The summed E-state index contributed by atoms with van der Waals surface area (Å²) >= 11 is 0. The second-order valence-electron chi connectivity index (χ2n) is 0.872. The van der Waals surface area contributed by atoms with Crippen LogP contribution < -0.4 is 0 Å². The van der Waals surface area contributed by atoms with Crippen molar-refractivity contribution in [2.45, 2.75) is 6.36 Å². The highest BCUT2D eigenvalue weighted by Crippen LogP contribution is 2.03. The van der Waals surface area contributed by atoms with Gasteiger partial charge in [0.15, 0.2) is 0 Å². The fourth-order valence-corrected chi connectivity index (χ4v) is 0.211. The molecule has 1 aliphatic rings. The van der Waals surface area contributed by atoms with E-state index in [1.165, 1.54) is 6.08 Å². The Morgan fingerprint density at radius 1 is 1.67 bits per heavy atom. The summed E-state index contributed by atoms with van der Waals surface area (Å²) in [6.07, 6.45) is 0.968. The van der Waals surface area contributed by atoms with Gasteiger partial charge in [-0.3, -0.25) is 0 Å². The quantitative estimate of drug-likeness (QED) is 0.409. The van der Waals surface area contributed by atoms with Crippen LogP contribution in [0, 0.1) is 0 Å². The Labute approximate surface area is 34.1 Å². The minimum absolute atomic E-state index is 1.16. The lowest BCUT2D eigenvalue weighted by Crippen LogP contribution is -1.90. The highest BCUT2D eigenvalue weighted by atomic mass is 19.1. The molecule has 1 atom stereocenters. The molecule has 0 aromatic carbocycles. The molecule has 0 aromatic heterocycles. The molecule has 0 aromatic rings. The third kappa shape index (κ3) is 0.490. The molecule has 0 spiro atoms. The van der Waals surface area contributed by atoms with E-state index in [2.05, 4.69) is 9.78 Å². The summed E-state index contributed by atoms with van der Waals surface area (Å²) in [6, 6.07) is 0. The minimum Gasteiger partial charge on any atom is -0.342 e. The van der Waals surface area contributed by atoms with Gasteiger partial charge in [0.25, 0.3) is 6.36 Å². The predicted octanol–water partition coefficient (Wildman–Crippen LogP) is 0.757. The maximum atomic E-state index is 11.5. The fraction of sp³-hybridized carbons (Fsp3) is 0.333. The van der Waals surface area contributed by atoms with Crippen molar-refractivity contribution in [3.8, 4) is 0 Å². The van der Waals surface area contributed by atoms with Gasteiger partial charge in [0.2, 0.25) is 0 Å². The fourth-order valence-electron chi connectivity index (χ4n) is 0.211. The zero-order valence-electron chi connectivity index (χ0n) is 2.93. The van der Waals surface area contributed by atoms with E-state index in [-0.39, 0.29) is 0 Å². The summed E-state index contributed by atoms with van der Waals surface area (Å²) in [5, 5.41) is 0. The molecule has 0 aliphatic carbocycles. The molecule has 1 rings (SSSR count). The molecule has 3 heteroatoms. The van der Waals surface area contributed by atoms with Crippen molar-refractivity contribution >= 4 is 0 Å². The lowest BCUT2D eigenvalue weighted by atomic mass is 10.7. The number of halogens is 1. The van der Waals surface area contributed by atoms with E-state index in [0.29, 0.717) is 0 Å². The first-order chi connectivity index (χ1) is 2.89. The first-order valence-electron chi connectivity index (χ1n) is 1.52. The summed E-state index contributed by atoms with van der Waals surface area (Å²) in [5.74, 6) is 0. The number of rotatable bonds is 0. The summed E-state index contributed by atoms with van der Waals surface area (Å²) in [4.78, 5) is 7.88. The third-order valence-electron chi connectivity index (χ3n) is 0.433. The van der Waals surface area contributed by atoms with Crippen molar-refractivity contribution in [2.75, 3.05) is 0 Å². The molecule has 0 saturated heterocycles. The van der Waals surface area contributed by atoms with E-state index in [1.807, 2.05) is 0 Å². The monoisotopic (exact) mass is 90.0 g/mol. The van der Waals surface area contributed by atoms with Gasteiger partial charge in [0.1, 0.15) is 6.26 Å². The van der Waals surface area contributed by atoms with Gasteiger partial charge < -0.3 is 4.89 Å². The minimum atomic E-state index is -1.36.